The SMILES string of the molecule is Cc1nn(-c2ccccc2)c(C)c1CNC(=O)c1ccc(N2CCN(C)CC2)c(F)c1. The van der Waals surface area contributed by atoms with E-state index < -0.39 is 0 Å². The molecule has 2 aromatic carbocycles. The van der Waals surface area contributed by atoms with Crippen molar-refractivity contribution < 1.29 is 9.18 Å². The Balaban J connectivity index is 1.45. The van der Waals surface area contributed by atoms with Crippen LogP contribution in [0.15, 0.2) is 48.5 Å². The highest BCUT2D eigenvalue weighted by Crippen LogP contribution is 2.22. The number of carbonyl (C=O) groups is 1. The molecule has 1 aliphatic rings. The highest BCUT2D eigenvalue weighted by Gasteiger charge is 2.19. The topological polar surface area (TPSA) is 53.4 Å². The standard InChI is InChI=1S/C24H28FN5O/c1-17-21(18(2)30(27-17)20-7-5-4-6-8-20)16-26-24(31)19-9-10-23(22(25)15-19)29-13-11-28(3)12-14-29/h4-10,15H,11-14,16H2,1-3H3,(H,26,31). The van der Waals surface area contributed by atoms with Crippen LogP contribution in [-0.2, 0) is 6.54 Å². The molecule has 162 valence electrons. The van der Waals surface area contributed by atoms with Crippen LogP contribution in [0.4, 0.5) is 10.1 Å². The molecule has 0 bridgehead atoms. The van der Waals surface area contributed by atoms with Crippen molar-refractivity contribution in [2.45, 2.75) is 20.4 Å². The van der Waals surface area contributed by atoms with Crippen molar-refractivity contribution in [2.75, 3.05) is 38.1 Å². The van der Waals surface area contributed by atoms with E-state index in [0.29, 0.717) is 17.8 Å². The lowest BCUT2D eigenvalue weighted by Gasteiger charge is -2.34. The molecule has 1 amide bonds. The van der Waals surface area contributed by atoms with Crippen LogP contribution in [0.1, 0.15) is 27.3 Å². The zero-order valence-electron chi connectivity index (χ0n) is 18.2. The number of nitrogens with zero attached hydrogens (tertiary/aromatic N) is 4. The molecule has 1 aliphatic heterocycles. The Bertz CT molecular complexity index is 1070. The van der Waals surface area contributed by atoms with Crippen LogP contribution in [0, 0.1) is 19.7 Å². The summed E-state index contributed by atoms with van der Waals surface area (Å²) in [5.74, 6) is -0.656. The molecule has 7 heteroatoms. The van der Waals surface area contributed by atoms with Gasteiger partial charge in [0.05, 0.1) is 17.1 Å². The van der Waals surface area contributed by atoms with Crippen LogP contribution >= 0.6 is 0 Å². The van der Waals surface area contributed by atoms with E-state index in [1.165, 1.54) is 6.07 Å². The molecule has 6 nitrogen and oxygen atoms in total. The first-order valence-corrected chi connectivity index (χ1v) is 10.6. The minimum atomic E-state index is -0.360. The Morgan fingerprint density at radius 3 is 2.45 bits per heavy atom. The number of benzene rings is 2. The van der Waals surface area contributed by atoms with Crippen molar-refractivity contribution >= 4 is 11.6 Å². The van der Waals surface area contributed by atoms with Crippen molar-refractivity contribution in [3.63, 3.8) is 0 Å². The van der Waals surface area contributed by atoms with Crippen LogP contribution in [0.2, 0.25) is 0 Å². The number of carbonyl (C=O) groups excluding carboxylic acids is 1. The number of aromatic nitrogens is 2. The first kappa shape index (κ1) is 21.1. The summed E-state index contributed by atoms with van der Waals surface area (Å²) in [7, 11) is 2.06. The van der Waals surface area contributed by atoms with Crippen LogP contribution in [0.5, 0.6) is 0 Å². The number of para-hydroxylation sites is 1. The minimum Gasteiger partial charge on any atom is -0.367 e. The second-order valence-electron chi connectivity index (χ2n) is 8.04. The molecule has 1 aromatic heterocycles. The Labute approximate surface area is 182 Å². The van der Waals surface area contributed by atoms with Crippen molar-refractivity contribution in [1.82, 2.24) is 20.0 Å². The van der Waals surface area contributed by atoms with Crippen LogP contribution in [-0.4, -0.2) is 53.8 Å². The lowest BCUT2D eigenvalue weighted by Crippen LogP contribution is -2.44. The fourth-order valence-corrected chi connectivity index (χ4v) is 3.97. The van der Waals surface area contributed by atoms with E-state index in [1.807, 2.05) is 53.8 Å². The largest absolute Gasteiger partial charge is 0.367 e. The van der Waals surface area contributed by atoms with Crippen molar-refractivity contribution in [2.24, 2.45) is 0 Å². The lowest BCUT2D eigenvalue weighted by molar-refractivity contribution is 0.0950. The molecule has 0 radical (unpaired) electrons. The summed E-state index contributed by atoms with van der Waals surface area (Å²) < 4.78 is 16.6. The van der Waals surface area contributed by atoms with E-state index in [9.17, 15) is 9.18 Å². The number of halogens is 1. The molecule has 2 heterocycles. The zero-order chi connectivity index (χ0) is 22.0. The van der Waals surface area contributed by atoms with Gasteiger partial charge in [0.2, 0.25) is 0 Å². The number of aryl methyl sites for hydroxylation is 1. The third-order valence-electron chi connectivity index (χ3n) is 5.92. The molecule has 4 rings (SSSR count). The first-order valence-electron chi connectivity index (χ1n) is 10.6. The zero-order valence-corrected chi connectivity index (χ0v) is 18.2. The molecule has 31 heavy (non-hydrogen) atoms. The van der Waals surface area contributed by atoms with Gasteiger partial charge < -0.3 is 15.1 Å². The van der Waals surface area contributed by atoms with Crippen LogP contribution < -0.4 is 10.2 Å². The van der Waals surface area contributed by atoms with Crippen LogP contribution in [0.3, 0.4) is 0 Å². The van der Waals surface area contributed by atoms with Gasteiger partial charge >= 0.3 is 0 Å². The number of nitrogens with one attached hydrogen (secondary N) is 1. The van der Waals surface area contributed by atoms with E-state index in [4.69, 9.17) is 0 Å². The highest BCUT2D eigenvalue weighted by atomic mass is 19.1. The molecule has 0 atom stereocenters. The molecular weight excluding hydrogens is 393 g/mol. The van der Waals surface area contributed by atoms with Gasteiger partial charge in [-0.3, -0.25) is 4.79 Å². The monoisotopic (exact) mass is 421 g/mol. The Kier molecular flexibility index (Phi) is 6.04. The van der Waals surface area contributed by atoms with Crippen molar-refractivity contribution in [1.29, 1.82) is 0 Å². The Morgan fingerprint density at radius 1 is 1.06 bits per heavy atom. The molecule has 1 saturated heterocycles. The average molecular weight is 422 g/mol. The second-order valence-corrected chi connectivity index (χ2v) is 8.04. The maximum absolute atomic E-state index is 14.7. The molecule has 3 aromatic rings. The minimum absolute atomic E-state index is 0.296. The van der Waals surface area contributed by atoms with E-state index in [1.54, 1.807) is 12.1 Å². The summed E-state index contributed by atoms with van der Waals surface area (Å²) in [5, 5.41) is 7.52. The van der Waals surface area contributed by atoms with Gasteiger partial charge in [-0.1, -0.05) is 18.2 Å². The van der Waals surface area contributed by atoms with E-state index >= 15 is 0 Å². The van der Waals surface area contributed by atoms with Gasteiger partial charge in [-0.25, -0.2) is 9.07 Å². The summed E-state index contributed by atoms with van der Waals surface area (Å²) >= 11 is 0. The van der Waals surface area contributed by atoms with Gasteiger partial charge in [-0.15, -0.1) is 0 Å². The summed E-state index contributed by atoms with van der Waals surface area (Å²) in [5.41, 5.74) is 4.65. The number of anilines is 1. The summed E-state index contributed by atoms with van der Waals surface area (Å²) in [6, 6.07) is 14.6. The van der Waals surface area contributed by atoms with Gasteiger partial charge in [-0.2, -0.15) is 5.10 Å². The third-order valence-corrected chi connectivity index (χ3v) is 5.92. The number of hydrogen-bond donors (Lipinski definition) is 1. The molecule has 0 aliphatic carbocycles. The fourth-order valence-electron chi connectivity index (χ4n) is 3.97. The summed E-state index contributed by atoms with van der Waals surface area (Å²) in [6.07, 6.45) is 0. The van der Waals surface area contributed by atoms with E-state index in [2.05, 4.69) is 22.4 Å². The normalized spacial score (nSPS) is 14.6. The molecular formula is C24H28FN5O. The Morgan fingerprint density at radius 2 is 1.77 bits per heavy atom. The number of rotatable bonds is 5. The van der Waals surface area contributed by atoms with Crippen LogP contribution in [0.25, 0.3) is 5.69 Å². The van der Waals surface area contributed by atoms with Gasteiger partial charge in [0.1, 0.15) is 5.82 Å². The molecule has 1 N–H and O–H groups in total. The molecule has 1 fully saturated rings. The predicted octanol–water partition coefficient (Wildman–Crippen LogP) is 3.31. The maximum atomic E-state index is 14.7. The maximum Gasteiger partial charge on any atom is 0.251 e. The highest BCUT2D eigenvalue weighted by molar-refractivity contribution is 5.94. The lowest BCUT2D eigenvalue weighted by atomic mass is 10.1. The second kappa shape index (κ2) is 8.89. The van der Waals surface area contributed by atoms with E-state index in [0.717, 1.165) is 48.8 Å². The number of piperazine rings is 1. The fraction of sp³-hybridized carbons (Fsp3) is 0.333. The molecule has 0 unspecified atom stereocenters. The first-order chi connectivity index (χ1) is 14.9. The van der Waals surface area contributed by atoms with Gasteiger partial charge in [0.15, 0.2) is 0 Å². The quantitative estimate of drug-likeness (QED) is 0.687. The van der Waals surface area contributed by atoms with Crippen molar-refractivity contribution in [3.8, 4) is 5.69 Å². The van der Waals surface area contributed by atoms with Gasteiger partial charge in [0, 0.05) is 49.5 Å². The molecule has 0 saturated carbocycles. The van der Waals surface area contributed by atoms with E-state index in [-0.39, 0.29) is 11.7 Å². The smallest absolute Gasteiger partial charge is 0.251 e. The predicted molar refractivity (Wildman–Crippen MR) is 120 cm³/mol. The number of hydrogen-bond acceptors (Lipinski definition) is 4. The number of likely N-dealkylation sites (N-methyl/N-ethyl adjacent to an activating group) is 1. The third kappa shape index (κ3) is 4.46. The van der Waals surface area contributed by atoms with Crippen molar-refractivity contribution in [3.05, 3.63) is 76.9 Å². The van der Waals surface area contributed by atoms with Gasteiger partial charge in [0.25, 0.3) is 5.91 Å². The van der Waals surface area contributed by atoms with Gasteiger partial charge in [-0.05, 0) is 51.2 Å². The summed E-state index contributed by atoms with van der Waals surface area (Å²) in [6.45, 7) is 7.61. The number of amides is 1. The average Bonchev–Trinajstić information content (AvgIpc) is 3.06. The summed E-state index contributed by atoms with van der Waals surface area (Å²) in [4.78, 5) is 16.9. The molecule has 0 spiro atoms. The Hall–Kier alpha value is -3.19.